The van der Waals surface area contributed by atoms with Crippen LogP contribution in [-0.4, -0.2) is 24.2 Å². The summed E-state index contributed by atoms with van der Waals surface area (Å²) in [5.41, 5.74) is 1.77. The molecule has 0 saturated heterocycles. The highest BCUT2D eigenvalue weighted by molar-refractivity contribution is 5.78. The number of hydrogen-bond donors (Lipinski definition) is 2. The SMILES string of the molecule is CC(C)(C#Cc1cccc2c1COCCN2)C(=O)O. The van der Waals surface area contributed by atoms with Crippen molar-refractivity contribution in [2.24, 2.45) is 5.41 Å². The number of aliphatic carboxylic acids is 1. The van der Waals surface area contributed by atoms with E-state index in [-0.39, 0.29) is 0 Å². The van der Waals surface area contributed by atoms with Gasteiger partial charge in [-0.3, -0.25) is 4.79 Å². The van der Waals surface area contributed by atoms with Gasteiger partial charge in [-0.2, -0.15) is 0 Å². The van der Waals surface area contributed by atoms with Gasteiger partial charge < -0.3 is 15.2 Å². The van der Waals surface area contributed by atoms with Crippen LogP contribution in [0.5, 0.6) is 0 Å². The molecule has 1 aliphatic rings. The molecule has 2 N–H and O–H groups in total. The number of hydrogen-bond acceptors (Lipinski definition) is 3. The largest absolute Gasteiger partial charge is 0.480 e. The Kier molecular flexibility index (Phi) is 3.77. The minimum atomic E-state index is -1.05. The molecule has 0 radical (unpaired) electrons. The van der Waals surface area contributed by atoms with Crippen molar-refractivity contribution in [3.8, 4) is 11.8 Å². The number of carbonyl (C=O) groups is 1. The summed E-state index contributed by atoms with van der Waals surface area (Å²) in [6, 6.07) is 5.78. The Balaban J connectivity index is 2.37. The Hall–Kier alpha value is -1.99. The van der Waals surface area contributed by atoms with Crippen molar-refractivity contribution in [3.63, 3.8) is 0 Å². The predicted molar refractivity (Wildman–Crippen MR) is 72.9 cm³/mol. The third-order valence-electron chi connectivity index (χ3n) is 3.03. The molecule has 1 aromatic rings. The fourth-order valence-electron chi connectivity index (χ4n) is 1.73. The van der Waals surface area contributed by atoms with Gasteiger partial charge in [0.15, 0.2) is 0 Å². The third kappa shape index (κ3) is 3.07. The van der Waals surface area contributed by atoms with Crippen molar-refractivity contribution in [3.05, 3.63) is 29.3 Å². The molecule has 2 rings (SSSR count). The van der Waals surface area contributed by atoms with Gasteiger partial charge in [0.2, 0.25) is 0 Å². The van der Waals surface area contributed by atoms with Crippen LogP contribution in [0.4, 0.5) is 5.69 Å². The van der Waals surface area contributed by atoms with E-state index in [4.69, 9.17) is 9.84 Å². The number of carboxylic acid groups (broad SMARTS) is 1. The summed E-state index contributed by atoms with van der Waals surface area (Å²) >= 11 is 0. The zero-order valence-corrected chi connectivity index (χ0v) is 11.1. The summed E-state index contributed by atoms with van der Waals surface area (Å²) < 4.78 is 5.49. The first-order valence-electron chi connectivity index (χ1n) is 6.21. The van der Waals surface area contributed by atoms with Crippen LogP contribution in [0.25, 0.3) is 0 Å². The second kappa shape index (κ2) is 5.33. The third-order valence-corrected chi connectivity index (χ3v) is 3.03. The highest BCUT2D eigenvalue weighted by atomic mass is 16.5. The Labute approximate surface area is 112 Å². The van der Waals surface area contributed by atoms with Gasteiger partial charge in [-0.1, -0.05) is 17.9 Å². The van der Waals surface area contributed by atoms with Crippen molar-refractivity contribution in [1.82, 2.24) is 0 Å². The normalized spacial score (nSPS) is 14.4. The lowest BCUT2D eigenvalue weighted by molar-refractivity contribution is -0.143. The van der Waals surface area contributed by atoms with Crippen LogP contribution in [0.15, 0.2) is 18.2 Å². The molecule has 0 unspecified atom stereocenters. The highest BCUT2D eigenvalue weighted by Crippen LogP contribution is 2.23. The van der Waals surface area contributed by atoms with Gasteiger partial charge in [0.05, 0.1) is 13.2 Å². The summed E-state index contributed by atoms with van der Waals surface area (Å²) in [6.45, 7) is 5.12. The molecule has 0 spiro atoms. The molecular weight excluding hydrogens is 242 g/mol. The molecule has 0 bridgehead atoms. The summed E-state index contributed by atoms with van der Waals surface area (Å²) in [6.07, 6.45) is 0. The van der Waals surface area contributed by atoms with Gasteiger partial charge in [-0.25, -0.2) is 0 Å². The van der Waals surface area contributed by atoms with Crippen LogP contribution in [0.2, 0.25) is 0 Å². The van der Waals surface area contributed by atoms with E-state index < -0.39 is 11.4 Å². The lowest BCUT2D eigenvalue weighted by Gasteiger charge is -2.11. The lowest BCUT2D eigenvalue weighted by Crippen LogP contribution is -2.21. The number of fused-ring (bicyclic) bond motifs is 1. The number of rotatable bonds is 1. The van der Waals surface area contributed by atoms with Crippen LogP contribution >= 0.6 is 0 Å². The minimum Gasteiger partial charge on any atom is -0.480 e. The first kappa shape index (κ1) is 13.4. The van der Waals surface area contributed by atoms with Crippen molar-refractivity contribution in [2.45, 2.75) is 20.5 Å². The van der Waals surface area contributed by atoms with Gasteiger partial charge in [0, 0.05) is 23.4 Å². The van der Waals surface area contributed by atoms with E-state index in [1.807, 2.05) is 18.2 Å². The van der Waals surface area contributed by atoms with Crippen molar-refractivity contribution < 1.29 is 14.6 Å². The average molecular weight is 259 g/mol. The molecule has 0 atom stereocenters. The van der Waals surface area contributed by atoms with E-state index in [1.54, 1.807) is 13.8 Å². The minimum absolute atomic E-state index is 0.501. The molecule has 1 aromatic carbocycles. The second-order valence-corrected chi connectivity index (χ2v) is 4.99. The molecule has 0 aliphatic carbocycles. The summed E-state index contributed by atoms with van der Waals surface area (Å²) in [5, 5.41) is 12.3. The summed E-state index contributed by atoms with van der Waals surface area (Å²) in [4.78, 5) is 11.0. The molecule has 0 fully saturated rings. The van der Waals surface area contributed by atoms with E-state index >= 15 is 0 Å². The Morgan fingerprint density at radius 3 is 3.00 bits per heavy atom. The van der Waals surface area contributed by atoms with Gasteiger partial charge in [-0.05, 0) is 26.0 Å². The van der Waals surface area contributed by atoms with Crippen LogP contribution in [0, 0.1) is 17.3 Å². The summed E-state index contributed by atoms with van der Waals surface area (Å²) in [5.74, 6) is 4.86. The smallest absolute Gasteiger partial charge is 0.321 e. The van der Waals surface area contributed by atoms with Gasteiger partial charge >= 0.3 is 5.97 Å². The number of carboxylic acids is 1. The Morgan fingerprint density at radius 2 is 2.26 bits per heavy atom. The first-order valence-corrected chi connectivity index (χ1v) is 6.21. The van der Waals surface area contributed by atoms with Crippen LogP contribution in [0.1, 0.15) is 25.0 Å². The summed E-state index contributed by atoms with van der Waals surface area (Å²) in [7, 11) is 0. The molecule has 1 heterocycles. The van der Waals surface area contributed by atoms with Crippen LogP contribution < -0.4 is 5.32 Å². The monoisotopic (exact) mass is 259 g/mol. The molecule has 0 amide bonds. The van der Waals surface area contributed by atoms with Crippen molar-refractivity contribution in [2.75, 3.05) is 18.5 Å². The molecule has 0 saturated carbocycles. The maximum Gasteiger partial charge on any atom is 0.321 e. The molecule has 100 valence electrons. The molecule has 1 aliphatic heterocycles. The topological polar surface area (TPSA) is 58.6 Å². The average Bonchev–Trinajstić information content (AvgIpc) is 2.61. The molecule has 4 nitrogen and oxygen atoms in total. The predicted octanol–water partition coefficient (Wildman–Crippen LogP) is 2.09. The van der Waals surface area contributed by atoms with Crippen molar-refractivity contribution in [1.29, 1.82) is 0 Å². The molecule has 0 aromatic heterocycles. The standard InChI is InChI=1S/C15H17NO3/c1-15(2,14(17)18)7-6-11-4-3-5-13-12(11)10-19-9-8-16-13/h3-5,16H,8-10H2,1-2H3,(H,17,18). The number of nitrogens with one attached hydrogen (secondary N) is 1. The Bertz CT molecular complexity index is 552. The van der Waals surface area contributed by atoms with E-state index in [1.165, 1.54) is 0 Å². The van der Waals surface area contributed by atoms with Crippen molar-refractivity contribution >= 4 is 11.7 Å². The van der Waals surface area contributed by atoms with Crippen LogP contribution in [0.3, 0.4) is 0 Å². The maximum atomic E-state index is 11.0. The number of anilines is 1. The fraction of sp³-hybridized carbons (Fsp3) is 0.400. The molecule has 19 heavy (non-hydrogen) atoms. The fourth-order valence-corrected chi connectivity index (χ4v) is 1.73. The number of ether oxygens (including phenoxy) is 1. The van der Waals surface area contributed by atoms with E-state index in [9.17, 15) is 4.79 Å². The van der Waals surface area contributed by atoms with Crippen LogP contribution in [-0.2, 0) is 16.1 Å². The van der Waals surface area contributed by atoms with Gasteiger partial charge in [0.25, 0.3) is 0 Å². The quantitative estimate of drug-likeness (QED) is 0.758. The molecule has 4 heteroatoms. The van der Waals surface area contributed by atoms with Gasteiger partial charge in [-0.15, -0.1) is 0 Å². The number of benzene rings is 1. The highest BCUT2D eigenvalue weighted by Gasteiger charge is 2.24. The zero-order valence-electron chi connectivity index (χ0n) is 11.1. The Morgan fingerprint density at radius 1 is 1.47 bits per heavy atom. The lowest BCUT2D eigenvalue weighted by atomic mass is 9.94. The zero-order chi connectivity index (χ0) is 13.9. The van der Waals surface area contributed by atoms with E-state index in [0.717, 1.165) is 23.4 Å². The van der Waals surface area contributed by atoms with E-state index in [2.05, 4.69) is 17.2 Å². The molecular formula is C15H17NO3. The van der Waals surface area contributed by atoms with Gasteiger partial charge in [0.1, 0.15) is 5.41 Å². The maximum absolute atomic E-state index is 11.0. The first-order chi connectivity index (χ1) is 9.00. The van der Waals surface area contributed by atoms with E-state index in [0.29, 0.717) is 13.2 Å². The second-order valence-electron chi connectivity index (χ2n) is 4.99.